The van der Waals surface area contributed by atoms with Gasteiger partial charge in [0, 0.05) is 23.4 Å². The molecule has 1 amide bonds. The largest absolute Gasteiger partial charge is 0.345 e. The second-order valence-electron chi connectivity index (χ2n) is 4.70. The van der Waals surface area contributed by atoms with Crippen molar-refractivity contribution in [3.8, 4) is 0 Å². The molecule has 0 spiro atoms. The first-order valence-electron chi connectivity index (χ1n) is 6.61. The van der Waals surface area contributed by atoms with Crippen molar-refractivity contribution in [3.05, 3.63) is 53.1 Å². The first-order valence-corrected chi connectivity index (χ1v) is 6.61. The van der Waals surface area contributed by atoms with Gasteiger partial charge in [-0.1, -0.05) is 0 Å². The van der Waals surface area contributed by atoms with Crippen LogP contribution in [0.3, 0.4) is 0 Å². The lowest BCUT2D eigenvalue weighted by Gasteiger charge is -2.14. The SMILES string of the molecule is CCn1ncc(C(C)NC(=O)c2ccc(F)cc2)c1C. The van der Waals surface area contributed by atoms with Gasteiger partial charge in [-0.05, 0) is 45.0 Å². The maximum absolute atomic E-state index is 12.8. The average Bonchev–Trinajstić information content (AvgIpc) is 2.80. The van der Waals surface area contributed by atoms with E-state index in [0.29, 0.717) is 5.56 Å². The van der Waals surface area contributed by atoms with Crippen molar-refractivity contribution in [1.82, 2.24) is 15.1 Å². The highest BCUT2D eigenvalue weighted by molar-refractivity contribution is 5.94. The minimum absolute atomic E-state index is 0.146. The molecule has 20 heavy (non-hydrogen) atoms. The van der Waals surface area contributed by atoms with Gasteiger partial charge in [0.2, 0.25) is 0 Å². The molecule has 0 radical (unpaired) electrons. The van der Waals surface area contributed by atoms with Crippen molar-refractivity contribution in [2.75, 3.05) is 0 Å². The monoisotopic (exact) mass is 275 g/mol. The number of halogens is 1. The Kier molecular flexibility index (Phi) is 4.17. The summed E-state index contributed by atoms with van der Waals surface area (Å²) < 4.78 is 14.7. The highest BCUT2D eigenvalue weighted by atomic mass is 19.1. The second kappa shape index (κ2) is 5.86. The van der Waals surface area contributed by atoms with E-state index in [9.17, 15) is 9.18 Å². The minimum Gasteiger partial charge on any atom is -0.345 e. The van der Waals surface area contributed by atoms with Crippen molar-refractivity contribution in [1.29, 1.82) is 0 Å². The molecule has 0 saturated carbocycles. The van der Waals surface area contributed by atoms with Crippen molar-refractivity contribution in [3.63, 3.8) is 0 Å². The predicted octanol–water partition coefficient (Wildman–Crippen LogP) is 2.84. The van der Waals surface area contributed by atoms with Gasteiger partial charge in [-0.3, -0.25) is 9.48 Å². The van der Waals surface area contributed by atoms with E-state index in [1.54, 1.807) is 6.20 Å². The second-order valence-corrected chi connectivity index (χ2v) is 4.70. The van der Waals surface area contributed by atoms with E-state index in [1.165, 1.54) is 24.3 Å². The fourth-order valence-corrected chi connectivity index (χ4v) is 2.16. The summed E-state index contributed by atoms with van der Waals surface area (Å²) in [5, 5.41) is 7.16. The summed E-state index contributed by atoms with van der Waals surface area (Å²) in [5.41, 5.74) is 2.47. The minimum atomic E-state index is -0.352. The summed E-state index contributed by atoms with van der Waals surface area (Å²) in [5.74, 6) is -0.573. The Morgan fingerprint density at radius 1 is 1.40 bits per heavy atom. The first-order chi connectivity index (χ1) is 9.52. The standard InChI is InChI=1S/C15H18FN3O/c1-4-19-11(3)14(9-17-19)10(2)18-15(20)12-5-7-13(16)8-6-12/h5-10H,4H2,1-3H3,(H,18,20). The maximum atomic E-state index is 12.8. The summed E-state index contributed by atoms with van der Waals surface area (Å²) in [6, 6.07) is 5.35. The number of aryl methyl sites for hydroxylation is 1. The summed E-state index contributed by atoms with van der Waals surface area (Å²) >= 11 is 0. The van der Waals surface area contributed by atoms with Crippen LogP contribution in [-0.2, 0) is 6.54 Å². The van der Waals surface area contributed by atoms with Crippen molar-refractivity contribution in [2.24, 2.45) is 0 Å². The summed E-state index contributed by atoms with van der Waals surface area (Å²) in [7, 11) is 0. The quantitative estimate of drug-likeness (QED) is 0.932. The van der Waals surface area contributed by atoms with Crippen LogP contribution in [0.4, 0.5) is 4.39 Å². The Hall–Kier alpha value is -2.17. The molecule has 1 aromatic carbocycles. The fraction of sp³-hybridized carbons (Fsp3) is 0.333. The van der Waals surface area contributed by atoms with E-state index < -0.39 is 0 Å². The number of benzene rings is 1. The summed E-state index contributed by atoms with van der Waals surface area (Å²) in [6.07, 6.45) is 1.77. The predicted molar refractivity (Wildman–Crippen MR) is 74.9 cm³/mol. The Morgan fingerprint density at radius 3 is 2.60 bits per heavy atom. The van der Waals surface area contributed by atoms with Crippen molar-refractivity contribution in [2.45, 2.75) is 33.4 Å². The normalized spacial score (nSPS) is 12.2. The molecular weight excluding hydrogens is 257 g/mol. The topological polar surface area (TPSA) is 46.9 Å². The number of carbonyl (C=O) groups excluding carboxylic acids is 1. The number of nitrogens with one attached hydrogen (secondary N) is 1. The van der Waals surface area contributed by atoms with Gasteiger partial charge in [0.05, 0.1) is 12.2 Å². The zero-order valence-electron chi connectivity index (χ0n) is 11.9. The molecule has 0 fully saturated rings. The molecule has 0 saturated heterocycles. The smallest absolute Gasteiger partial charge is 0.251 e. The van der Waals surface area contributed by atoms with Gasteiger partial charge >= 0.3 is 0 Å². The van der Waals surface area contributed by atoms with Crippen LogP contribution >= 0.6 is 0 Å². The summed E-state index contributed by atoms with van der Waals surface area (Å²) in [4.78, 5) is 12.1. The lowest BCUT2D eigenvalue weighted by Crippen LogP contribution is -2.26. The van der Waals surface area contributed by atoms with Gasteiger partial charge in [-0.2, -0.15) is 5.10 Å². The number of amides is 1. The van der Waals surface area contributed by atoms with Gasteiger partial charge < -0.3 is 5.32 Å². The van der Waals surface area contributed by atoms with Gasteiger partial charge in [-0.25, -0.2) is 4.39 Å². The van der Waals surface area contributed by atoms with E-state index in [0.717, 1.165) is 17.8 Å². The maximum Gasteiger partial charge on any atom is 0.251 e. The molecule has 0 aliphatic heterocycles. The molecule has 1 unspecified atom stereocenters. The number of carbonyl (C=O) groups is 1. The Bertz CT molecular complexity index is 604. The van der Waals surface area contributed by atoms with Gasteiger partial charge in [0.1, 0.15) is 5.82 Å². The number of hydrogen-bond acceptors (Lipinski definition) is 2. The molecule has 5 heteroatoms. The van der Waals surface area contributed by atoms with Crippen LogP contribution in [-0.4, -0.2) is 15.7 Å². The molecule has 106 valence electrons. The van der Waals surface area contributed by atoms with Crippen molar-refractivity contribution >= 4 is 5.91 Å². The van der Waals surface area contributed by atoms with Crippen LogP contribution < -0.4 is 5.32 Å². The zero-order valence-corrected chi connectivity index (χ0v) is 11.9. The van der Waals surface area contributed by atoms with Crippen LogP contribution in [0, 0.1) is 12.7 Å². The third-order valence-corrected chi connectivity index (χ3v) is 3.36. The van der Waals surface area contributed by atoms with Crippen LogP contribution in [0.15, 0.2) is 30.5 Å². The van der Waals surface area contributed by atoms with Crippen LogP contribution in [0.2, 0.25) is 0 Å². The fourth-order valence-electron chi connectivity index (χ4n) is 2.16. The zero-order chi connectivity index (χ0) is 14.7. The Balaban J connectivity index is 2.10. The molecule has 1 N–H and O–H groups in total. The molecule has 2 aromatic rings. The third kappa shape index (κ3) is 2.87. The van der Waals surface area contributed by atoms with Gasteiger partial charge in [0.15, 0.2) is 0 Å². The van der Waals surface area contributed by atoms with E-state index >= 15 is 0 Å². The molecule has 0 bridgehead atoms. The third-order valence-electron chi connectivity index (χ3n) is 3.36. The molecular formula is C15H18FN3O. The number of nitrogens with zero attached hydrogens (tertiary/aromatic N) is 2. The molecule has 4 nitrogen and oxygen atoms in total. The summed E-state index contributed by atoms with van der Waals surface area (Å²) in [6.45, 7) is 6.70. The van der Waals surface area contributed by atoms with E-state index in [1.807, 2.05) is 25.5 Å². The highest BCUT2D eigenvalue weighted by Gasteiger charge is 2.16. The Morgan fingerprint density at radius 2 is 2.05 bits per heavy atom. The Labute approximate surface area is 117 Å². The molecule has 1 heterocycles. The first kappa shape index (κ1) is 14.2. The molecule has 1 atom stereocenters. The van der Waals surface area contributed by atoms with Gasteiger partial charge in [0.25, 0.3) is 5.91 Å². The van der Waals surface area contributed by atoms with Crippen molar-refractivity contribution < 1.29 is 9.18 Å². The van der Waals surface area contributed by atoms with Crippen LogP contribution in [0.25, 0.3) is 0 Å². The van der Waals surface area contributed by atoms with E-state index in [4.69, 9.17) is 0 Å². The molecule has 2 rings (SSSR count). The van der Waals surface area contributed by atoms with E-state index in [-0.39, 0.29) is 17.8 Å². The van der Waals surface area contributed by atoms with Crippen LogP contribution in [0.1, 0.15) is 41.5 Å². The van der Waals surface area contributed by atoms with Gasteiger partial charge in [-0.15, -0.1) is 0 Å². The molecule has 0 aliphatic rings. The number of rotatable bonds is 4. The highest BCUT2D eigenvalue weighted by Crippen LogP contribution is 2.17. The lowest BCUT2D eigenvalue weighted by atomic mass is 10.1. The molecule has 0 aliphatic carbocycles. The van der Waals surface area contributed by atoms with Crippen LogP contribution in [0.5, 0.6) is 0 Å². The lowest BCUT2D eigenvalue weighted by molar-refractivity contribution is 0.0940. The molecule has 1 aromatic heterocycles. The average molecular weight is 275 g/mol. The number of hydrogen-bond donors (Lipinski definition) is 1. The number of aromatic nitrogens is 2. The van der Waals surface area contributed by atoms with E-state index in [2.05, 4.69) is 10.4 Å².